The minimum atomic E-state index is -1.06. The summed E-state index contributed by atoms with van der Waals surface area (Å²) in [5.74, 6) is -0.0100. The molecule has 0 aliphatic heterocycles. The summed E-state index contributed by atoms with van der Waals surface area (Å²) in [6.45, 7) is 1.72. The van der Waals surface area contributed by atoms with Crippen LogP contribution in [0.2, 0.25) is 0 Å². The van der Waals surface area contributed by atoms with Gasteiger partial charge in [-0.05, 0) is 25.1 Å². The average molecular weight is 313 g/mol. The smallest absolute Gasteiger partial charge is 0.339 e. The molecule has 2 rings (SSSR count). The van der Waals surface area contributed by atoms with Crippen LogP contribution in [0.15, 0.2) is 27.2 Å². The molecule has 1 N–H and O–H groups in total. The molecule has 0 radical (unpaired) electrons. The number of hydrogen-bond donors (Lipinski definition) is 1. The number of benzene rings is 1. The summed E-state index contributed by atoms with van der Waals surface area (Å²) in [4.78, 5) is 15.0. The Labute approximate surface area is 111 Å². The van der Waals surface area contributed by atoms with Crippen molar-refractivity contribution in [1.82, 2.24) is 10.1 Å². The van der Waals surface area contributed by atoms with Gasteiger partial charge in [0.15, 0.2) is 12.4 Å². The van der Waals surface area contributed by atoms with E-state index >= 15 is 0 Å². The van der Waals surface area contributed by atoms with E-state index in [4.69, 9.17) is 14.4 Å². The van der Waals surface area contributed by atoms with Crippen LogP contribution in [0.1, 0.15) is 22.1 Å². The van der Waals surface area contributed by atoms with Gasteiger partial charge in [-0.1, -0.05) is 21.1 Å². The number of ether oxygens (including phenoxy) is 1. The first-order valence-electron chi connectivity index (χ1n) is 5.01. The number of halogens is 1. The number of hydrogen-bond acceptors (Lipinski definition) is 5. The van der Waals surface area contributed by atoms with Gasteiger partial charge >= 0.3 is 5.97 Å². The Kier molecular flexibility index (Phi) is 3.61. The molecule has 94 valence electrons. The lowest BCUT2D eigenvalue weighted by Crippen LogP contribution is -2.03. The highest BCUT2D eigenvalue weighted by atomic mass is 79.9. The summed E-state index contributed by atoms with van der Waals surface area (Å²) in [6.07, 6.45) is 0. The van der Waals surface area contributed by atoms with Crippen molar-refractivity contribution in [3.05, 3.63) is 40.0 Å². The molecule has 7 heteroatoms. The zero-order valence-corrected chi connectivity index (χ0v) is 11.0. The van der Waals surface area contributed by atoms with Crippen molar-refractivity contribution in [2.24, 2.45) is 0 Å². The van der Waals surface area contributed by atoms with Crippen molar-refractivity contribution in [2.45, 2.75) is 13.5 Å². The number of aryl methyl sites for hydroxylation is 1. The molecular formula is C11H9BrN2O4. The zero-order chi connectivity index (χ0) is 13.1. The van der Waals surface area contributed by atoms with Crippen LogP contribution in [0, 0.1) is 6.92 Å². The largest absolute Gasteiger partial charge is 0.483 e. The summed E-state index contributed by atoms with van der Waals surface area (Å²) < 4.78 is 10.9. The van der Waals surface area contributed by atoms with E-state index in [-0.39, 0.29) is 17.9 Å². The van der Waals surface area contributed by atoms with Crippen LogP contribution in [-0.2, 0) is 6.61 Å². The lowest BCUT2D eigenvalue weighted by molar-refractivity contribution is 0.0691. The average Bonchev–Trinajstić information content (AvgIpc) is 2.73. The van der Waals surface area contributed by atoms with Gasteiger partial charge in [0.25, 0.3) is 5.89 Å². The van der Waals surface area contributed by atoms with E-state index in [9.17, 15) is 4.79 Å². The molecule has 1 aromatic carbocycles. The van der Waals surface area contributed by atoms with E-state index in [0.717, 1.165) is 0 Å². The highest BCUT2D eigenvalue weighted by Gasteiger charge is 2.13. The molecule has 0 aliphatic carbocycles. The van der Waals surface area contributed by atoms with Gasteiger partial charge in [-0.15, -0.1) is 0 Å². The first kappa shape index (κ1) is 12.6. The van der Waals surface area contributed by atoms with Gasteiger partial charge in [-0.2, -0.15) is 4.98 Å². The Hall–Kier alpha value is -1.89. The fourth-order valence-corrected chi connectivity index (χ4v) is 1.69. The third-order valence-corrected chi connectivity index (χ3v) is 2.59. The Bertz CT molecular complexity index is 582. The highest BCUT2D eigenvalue weighted by Crippen LogP contribution is 2.24. The van der Waals surface area contributed by atoms with Crippen LogP contribution in [0.5, 0.6) is 5.75 Å². The molecule has 0 fully saturated rings. The van der Waals surface area contributed by atoms with Gasteiger partial charge in [0.1, 0.15) is 11.3 Å². The van der Waals surface area contributed by atoms with Gasteiger partial charge in [0.2, 0.25) is 0 Å². The van der Waals surface area contributed by atoms with Crippen molar-refractivity contribution in [1.29, 1.82) is 0 Å². The molecule has 18 heavy (non-hydrogen) atoms. The Morgan fingerprint density at radius 2 is 2.33 bits per heavy atom. The molecular weight excluding hydrogens is 304 g/mol. The molecule has 1 aromatic heterocycles. The zero-order valence-electron chi connectivity index (χ0n) is 9.38. The first-order chi connectivity index (χ1) is 8.56. The molecule has 0 saturated heterocycles. The second kappa shape index (κ2) is 5.18. The molecule has 0 unspecified atom stereocenters. The Balaban J connectivity index is 2.16. The monoisotopic (exact) mass is 312 g/mol. The quantitative estimate of drug-likeness (QED) is 0.933. The minimum Gasteiger partial charge on any atom is -0.483 e. The van der Waals surface area contributed by atoms with Gasteiger partial charge in [-0.25, -0.2) is 4.79 Å². The van der Waals surface area contributed by atoms with E-state index < -0.39 is 5.97 Å². The molecule has 1 heterocycles. The van der Waals surface area contributed by atoms with Crippen LogP contribution < -0.4 is 4.74 Å². The maximum atomic E-state index is 11.0. The number of aromatic carboxylic acids is 1. The Morgan fingerprint density at radius 3 is 2.94 bits per heavy atom. The predicted molar refractivity (Wildman–Crippen MR) is 64.5 cm³/mol. The number of carboxylic acids is 1. The predicted octanol–water partition coefficient (Wildman–Crippen LogP) is 2.42. The van der Waals surface area contributed by atoms with E-state index in [2.05, 4.69) is 26.1 Å². The number of nitrogens with zero attached hydrogens (tertiary/aromatic N) is 2. The maximum Gasteiger partial charge on any atom is 0.339 e. The van der Waals surface area contributed by atoms with Gasteiger partial charge in [0, 0.05) is 4.47 Å². The molecule has 0 amide bonds. The van der Waals surface area contributed by atoms with Crippen LogP contribution in [0.4, 0.5) is 0 Å². The SMILES string of the molecule is Cc1noc(COc2ccc(Br)cc2C(=O)O)n1. The van der Waals surface area contributed by atoms with Gasteiger partial charge in [0.05, 0.1) is 0 Å². The summed E-state index contributed by atoms with van der Waals surface area (Å²) in [6, 6.07) is 4.73. The van der Waals surface area contributed by atoms with Crippen LogP contribution in [-0.4, -0.2) is 21.2 Å². The second-order valence-corrected chi connectivity index (χ2v) is 4.39. The van der Waals surface area contributed by atoms with Crippen LogP contribution >= 0.6 is 15.9 Å². The van der Waals surface area contributed by atoms with Crippen molar-refractivity contribution >= 4 is 21.9 Å². The second-order valence-electron chi connectivity index (χ2n) is 3.47. The highest BCUT2D eigenvalue weighted by molar-refractivity contribution is 9.10. The molecule has 6 nitrogen and oxygen atoms in total. The number of rotatable bonds is 4. The van der Waals surface area contributed by atoms with E-state index in [1.54, 1.807) is 19.1 Å². The Morgan fingerprint density at radius 1 is 1.56 bits per heavy atom. The van der Waals surface area contributed by atoms with E-state index in [1.807, 2.05) is 0 Å². The number of carbonyl (C=O) groups is 1. The lowest BCUT2D eigenvalue weighted by Gasteiger charge is -2.07. The summed E-state index contributed by atoms with van der Waals surface area (Å²) in [7, 11) is 0. The van der Waals surface area contributed by atoms with Crippen molar-refractivity contribution in [2.75, 3.05) is 0 Å². The van der Waals surface area contributed by atoms with Crippen molar-refractivity contribution < 1.29 is 19.2 Å². The fraction of sp³-hybridized carbons (Fsp3) is 0.182. The summed E-state index contributed by atoms with van der Waals surface area (Å²) >= 11 is 3.20. The fourth-order valence-electron chi connectivity index (χ4n) is 1.33. The first-order valence-corrected chi connectivity index (χ1v) is 5.80. The molecule has 0 aliphatic rings. The van der Waals surface area contributed by atoms with Gasteiger partial charge < -0.3 is 14.4 Å². The third-order valence-electron chi connectivity index (χ3n) is 2.09. The van der Waals surface area contributed by atoms with Crippen LogP contribution in [0.25, 0.3) is 0 Å². The number of aromatic nitrogens is 2. The van der Waals surface area contributed by atoms with E-state index in [1.165, 1.54) is 6.07 Å². The molecule has 0 spiro atoms. The summed E-state index contributed by atoms with van der Waals surface area (Å²) in [5, 5.41) is 12.6. The summed E-state index contributed by atoms with van der Waals surface area (Å²) in [5.41, 5.74) is 0.0700. The van der Waals surface area contributed by atoms with E-state index in [0.29, 0.717) is 16.2 Å². The minimum absolute atomic E-state index is 0.0305. The molecule has 0 saturated carbocycles. The standard InChI is InChI=1S/C11H9BrN2O4/c1-6-13-10(18-14-6)5-17-9-3-2-7(12)4-8(9)11(15)16/h2-4H,5H2,1H3,(H,15,16). The third kappa shape index (κ3) is 2.86. The molecule has 2 aromatic rings. The number of carboxylic acid groups (broad SMARTS) is 1. The van der Waals surface area contributed by atoms with Crippen molar-refractivity contribution in [3.63, 3.8) is 0 Å². The topological polar surface area (TPSA) is 85.5 Å². The lowest BCUT2D eigenvalue weighted by atomic mass is 10.2. The molecule has 0 bridgehead atoms. The molecule has 0 atom stereocenters. The van der Waals surface area contributed by atoms with Gasteiger partial charge in [-0.3, -0.25) is 0 Å². The maximum absolute atomic E-state index is 11.0. The van der Waals surface area contributed by atoms with Crippen LogP contribution in [0.3, 0.4) is 0 Å². The van der Waals surface area contributed by atoms with Crippen molar-refractivity contribution in [3.8, 4) is 5.75 Å². The normalized spacial score (nSPS) is 10.3.